The summed E-state index contributed by atoms with van der Waals surface area (Å²) < 4.78 is 45.6. The number of rotatable bonds is 7. The number of carbonyl (C=O) groups excluding carboxylic acids is 1. The molecule has 0 fully saturated rings. The quantitative estimate of drug-likeness (QED) is 0.430. The van der Waals surface area contributed by atoms with Crippen LogP contribution in [0.1, 0.15) is 17.1 Å². The molecule has 0 aliphatic heterocycles. The lowest BCUT2D eigenvalue weighted by molar-refractivity contribution is -0.112. The topological polar surface area (TPSA) is 112 Å². The summed E-state index contributed by atoms with van der Waals surface area (Å²) in [5.74, 6) is -0.629. The molecule has 0 saturated heterocycles. The average molecular weight is 439 g/mol. The van der Waals surface area contributed by atoms with E-state index in [2.05, 4.69) is 10.0 Å². The zero-order valence-corrected chi connectivity index (χ0v) is 17.2. The highest BCUT2D eigenvalue weighted by Crippen LogP contribution is 2.16. The van der Waals surface area contributed by atoms with Gasteiger partial charge in [0.2, 0.25) is 10.0 Å². The van der Waals surface area contributed by atoms with E-state index in [0.717, 1.165) is 5.56 Å². The molecular formula is C22H18FN3O4S. The van der Waals surface area contributed by atoms with Gasteiger partial charge in [0, 0.05) is 11.8 Å². The number of sulfonamides is 1. The summed E-state index contributed by atoms with van der Waals surface area (Å²) in [7, 11) is -3.71. The van der Waals surface area contributed by atoms with Crippen LogP contribution in [0.5, 0.6) is 0 Å². The first-order valence-electron chi connectivity index (χ1n) is 9.10. The standard InChI is InChI=1S/C22H18FN3O4S/c1-15-2-10-21(11-3-15)31(28,29)25-14-20-9-8-19(30-20)12-16(13-24)22(27)26-18-6-4-17(23)5-7-18/h2-12,25H,14H2,1H3,(H,26,27)/b16-12+. The molecule has 3 aromatic rings. The minimum Gasteiger partial charge on any atom is -0.460 e. The maximum Gasteiger partial charge on any atom is 0.266 e. The summed E-state index contributed by atoms with van der Waals surface area (Å²) in [6.45, 7) is 1.75. The Hall–Kier alpha value is -3.74. The van der Waals surface area contributed by atoms with Crippen molar-refractivity contribution in [2.75, 3.05) is 5.32 Å². The lowest BCUT2D eigenvalue weighted by Crippen LogP contribution is -2.22. The molecular weight excluding hydrogens is 421 g/mol. The van der Waals surface area contributed by atoms with Gasteiger partial charge in [0.25, 0.3) is 5.91 Å². The van der Waals surface area contributed by atoms with Gasteiger partial charge in [-0.3, -0.25) is 4.79 Å². The highest BCUT2D eigenvalue weighted by atomic mass is 32.2. The van der Waals surface area contributed by atoms with Crippen molar-refractivity contribution >= 4 is 27.7 Å². The van der Waals surface area contributed by atoms with E-state index in [1.165, 1.54) is 54.6 Å². The van der Waals surface area contributed by atoms with E-state index in [-0.39, 0.29) is 22.8 Å². The van der Waals surface area contributed by atoms with Gasteiger partial charge in [-0.15, -0.1) is 0 Å². The van der Waals surface area contributed by atoms with Crippen molar-refractivity contribution < 1.29 is 22.0 Å². The second-order valence-electron chi connectivity index (χ2n) is 6.57. The van der Waals surface area contributed by atoms with E-state index >= 15 is 0 Å². The number of nitrogens with zero attached hydrogens (tertiary/aromatic N) is 1. The van der Waals surface area contributed by atoms with E-state index in [9.17, 15) is 22.9 Å². The molecule has 0 aliphatic carbocycles. The van der Waals surface area contributed by atoms with Crippen molar-refractivity contribution in [3.63, 3.8) is 0 Å². The Balaban J connectivity index is 1.66. The van der Waals surface area contributed by atoms with E-state index in [1.807, 2.05) is 6.92 Å². The molecule has 0 radical (unpaired) electrons. The highest BCUT2D eigenvalue weighted by Gasteiger charge is 2.15. The smallest absolute Gasteiger partial charge is 0.266 e. The Morgan fingerprint density at radius 1 is 1.10 bits per heavy atom. The van der Waals surface area contributed by atoms with Crippen LogP contribution in [0.15, 0.2) is 75.5 Å². The summed E-state index contributed by atoms with van der Waals surface area (Å²) in [5, 5.41) is 11.8. The van der Waals surface area contributed by atoms with Crippen LogP contribution in [0.2, 0.25) is 0 Å². The minimum atomic E-state index is -3.71. The number of furan rings is 1. The average Bonchev–Trinajstić information content (AvgIpc) is 3.20. The Morgan fingerprint density at radius 2 is 1.77 bits per heavy atom. The Morgan fingerprint density at radius 3 is 2.42 bits per heavy atom. The molecule has 0 bridgehead atoms. The predicted molar refractivity (Wildman–Crippen MR) is 113 cm³/mol. The third-order valence-electron chi connectivity index (χ3n) is 4.20. The van der Waals surface area contributed by atoms with E-state index < -0.39 is 21.7 Å². The monoisotopic (exact) mass is 439 g/mol. The van der Waals surface area contributed by atoms with Gasteiger partial charge in [0.05, 0.1) is 11.4 Å². The summed E-state index contributed by atoms with van der Waals surface area (Å²) in [6, 6.07) is 16.3. The number of anilines is 1. The molecule has 0 saturated carbocycles. The van der Waals surface area contributed by atoms with Gasteiger partial charge in [0.15, 0.2) is 0 Å². The van der Waals surface area contributed by atoms with Crippen molar-refractivity contribution in [1.29, 1.82) is 5.26 Å². The second-order valence-corrected chi connectivity index (χ2v) is 8.34. The van der Waals surface area contributed by atoms with Gasteiger partial charge in [-0.1, -0.05) is 17.7 Å². The number of hydrogen-bond acceptors (Lipinski definition) is 5. The fourth-order valence-corrected chi connectivity index (χ4v) is 3.55. The van der Waals surface area contributed by atoms with E-state index in [1.54, 1.807) is 18.2 Å². The van der Waals surface area contributed by atoms with Crippen LogP contribution in [-0.2, 0) is 21.4 Å². The number of nitrogens with one attached hydrogen (secondary N) is 2. The van der Waals surface area contributed by atoms with Gasteiger partial charge in [-0.2, -0.15) is 5.26 Å². The van der Waals surface area contributed by atoms with Gasteiger partial charge < -0.3 is 9.73 Å². The molecule has 1 amide bonds. The zero-order valence-electron chi connectivity index (χ0n) is 16.4. The minimum absolute atomic E-state index is 0.103. The molecule has 3 rings (SSSR count). The summed E-state index contributed by atoms with van der Waals surface area (Å²) in [4.78, 5) is 12.4. The fourth-order valence-electron chi connectivity index (χ4n) is 2.56. The maximum atomic E-state index is 13.0. The van der Waals surface area contributed by atoms with Crippen molar-refractivity contribution in [3.05, 3.63) is 89.1 Å². The maximum absolute atomic E-state index is 13.0. The molecule has 0 aliphatic rings. The molecule has 158 valence electrons. The van der Waals surface area contributed by atoms with Crippen LogP contribution in [0.3, 0.4) is 0 Å². The highest BCUT2D eigenvalue weighted by molar-refractivity contribution is 7.89. The lowest BCUT2D eigenvalue weighted by atomic mass is 10.2. The molecule has 1 aromatic heterocycles. The lowest BCUT2D eigenvalue weighted by Gasteiger charge is -2.05. The Kier molecular flexibility index (Phi) is 6.65. The van der Waals surface area contributed by atoms with Crippen molar-refractivity contribution in [3.8, 4) is 6.07 Å². The number of carbonyl (C=O) groups is 1. The van der Waals surface area contributed by atoms with Crippen LogP contribution >= 0.6 is 0 Å². The van der Waals surface area contributed by atoms with Crippen molar-refractivity contribution in [1.82, 2.24) is 4.72 Å². The molecule has 7 nitrogen and oxygen atoms in total. The molecule has 2 aromatic carbocycles. The van der Waals surface area contributed by atoms with Crippen LogP contribution in [0.4, 0.5) is 10.1 Å². The van der Waals surface area contributed by atoms with Gasteiger partial charge >= 0.3 is 0 Å². The van der Waals surface area contributed by atoms with Gasteiger partial charge in [-0.05, 0) is 55.5 Å². The van der Waals surface area contributed by atoms with Crippen LogP contribution < -0.4 is 10.0 Å². The molecule has 2 N–H and O–H groups in total. The van der Waals surface area contributed by atoms with E-state index in [4.69, 9.17) is 4.42 Å². The Labute approximate surface area is 178 Å². The summed E-state index contributed by atoms with van der Waals surface area (Å²) >= 11 is 0. The van der Waals surface area contributed by atoms with Gasteiger partial charge in [0.1, 0.15) is 29.0 Å². The van der Waals surface area contributed by atoms with Crippen molar-refractivity contribution in [2.45, 2.75) is 18.4 Å². The fraction of sp³-hybridized carbons (Fsp3) is 0.0909. The predicted octanol–water partition coefficient (Wildman–Crippen LogP) is 3.75. The number of hydrogen-bond donors (Lipinski definition) is 2. The molecule has 1 heterocycles. The first-order valence-corrected chi connectivity index (χ1v) is 10.6. The second kappa shape index (κ2) is 9.38. The number of amides is 1. The summed E-state index contributed by atoms with van der Waals surface area (Å²) in [5.41, 5.74) is 1.04. The molecule has 9 heteroatoms. The third-order valence-corrected chi connectivity index (χ3v) is 5.62. The van der Waals surface area contributed by atoms with Crippen LogP contribution in [-0.4, -0.2) is 14.3 Å². The number of benzene rings is 2. The first kappa shape index (κ1) is 22.0. The largest absolute Gasteiger partial charge is 0.460 e. The van der Waals surface area contributed by atoms with Crippen molar-refractivity contribution in [2.24, 2.45) is 0 Å². The number of halogens is 1. The van der Waals surface area contributed by atoms with E-state index in [0.29, 0.717) is 11.4 Å². The number of aryl methyl sites for hydroxylation is 1. The zero-order chi connectivity index (χ0) is 22.4. The molecule has 0 unspecified atom stereocenters. The van der Waals surface area contributed by atoms with Crippen LogP contribution in [0.25, 0.3) is 6.08 Å². The first-order chi connectivity index (χ1) is 14.8. The SMILES string of the molecule is Cc1ccc(S(=O)(=O)NCc2ccc(/C=C(\C#N)C(=O)Nc3ccc(F)cc3)o2)cc1. The van der Waals surface area contributed by atoms with Crippen LogP contribution in [0, 0.1) is 24.1 Å². The molecule has 0 spiro atoms. The van der Waals surface area contributed by atoms with Gasteiger partial charge in [-0.25, -0.2) is 17.5 Å². The summed E-state index contributed by atoms with van der Waals surface area (Å²) in [6.07, 6.45) is 1.23. The normalized spacial score (nSPS) is 11.7. The number of nitriles is 1. The third kappa shape index (κ3) is 5.88. The Bertz CT molecular complexity index is 1260. The molecule has 31 heavy (non-hydrogen) atoms. The molecule has 0 atom stereocenters.